The number of aromatic amines is 1. The molecule has 0 bridgehead atoms. The number of rotatable bonds is 7. The summed E-state index contributed by atoms with van der Waals surface area (Å²) in [6.45, 7) is 0.865. The maximum absolute atomic E-state index is 14.7. The Bertz CT molecular complexity index is 1290. The molecule has 2 aromatic rings. The monoisotopic (exact) mass is 555 g/mol. The Morgan fingerprint density at radius 3 is 2.44 bits per heavy atom. The van der Waals surface area contributed by atoms with Gasteiger partial charge in [-0.1, -0.05) is 0 Å². The minimum atomic E-state index is -5.94. The van der Waals surface area contributed by atoms with Crippen LogP contribution in [-0.2, 0) is 31.6 Å². The van der Waals surface area contributed by atoms with E-state index < -0.39 is 59.4 Å². The lowest BCUT2D eigenvalue weighted by molar-refractivity contribution is -0.308. The van der Waals surface area contributed by atoms with Gasteiger partial charge < -0.3 is 40.3 Å². The SMILES string of the molecule is C[C@@]1(O)C(O)C(OP(=O)(O)OP(=O)(O)OP(=O)(O)O)C(F)O[C@H]1n1cnc2c(=O)[nH]c(N)nc21. The number of phosphoric acid groups is 3. The van der Waals surface area contributed by atoms with E-state index in [4.69, 9.17) is 20.3 Å². The zero-order valence-corrected chi connectivity index (χ0v) is 19.2. The van der Waals surface area contributed by atoms with Gasteiger partial charge in [0.05, 0.1) is 6.33 Å². The first-order valence-corrected chi connectivity index (χ1v) is 13.1. The summed E-state index contributed by atoms with van der Waals surface area (Å²) in [5.41, 5.74) is 1.49. The largest absolute Gasteiger partial charge is 0.490 e. The molecular weight excluding hydrogens is 538 g/mol. The molecule has 0 amide bonds. The molecule has 3 rings (SSSR count). The van der Waals surface area contributed by atoms with Crippen molar-refractivity contribution in [1.29, 1.82) is 0 Å². The number of hydrogen-bond acceptors (Lipinski definition) is 13. The number of imidazole rings is 1. The summed E-state index contributed by atoms with van der Waals surface area (Å²) in [6.07, 6.45) is -8.82. The van der Waals surface area contributed by atoms with Crippen LogP contribution in [0.25, 0.3) is 11.2 Å². The van der Waals surface area contributed by atoms with Crippen LogP contribution in [0.15, 0.2) is 11.1 Å². The molecule has 0 radical (unpaired) electrons. The Balaban J connectivity index is 1.88. The number of hydrogen-bond donors (Lipinski definition) is 8. The van der Waals surface area contributed by atoms with Crippen LogP contribution in [0.3, 0.4) is 0 Å². The van der Waals surface area contributed by atoms with Gasteiger partial charge in [0.1, 0.15) is 11.7 Å². The highest BCUT2D eigenvalue weighted by Gasteiger charge is 2.57. The third-order valence-corrected chi connectivity index (χ3v) is 8.14. The summed E-state index contributed by atoms with van der Waals surface area (Å²) >= 11 is 0. The molecule has 1 aliphatic heterocycles. The summed E-state index contributed by atoms with van der Waals surface area (Å²) in [5, 5.41) is 21.2. The van der Waals surface area contributed by atoms with Crippen molar-refractivity contribution in [3.63, 3.8) is 0 Å². The van der Waals surface area contributed by atoms with E-state index in [1.807, 2.05) is 0 Å². The molecule has 7 atom stereocenters. The first-order valence-electron chi connectivity index (χ1n) is 8.57. The predicted octanol–water partition coefficient (Wildman–Crippen LogP) is -1.65. The Kier molecular flexibility index (Phi) is 6.97. The Labute approximate surface area is 186 Å². The van der Waals surface area contributed by atoms with Gasteiger partial charge in [0.2, 0.25) is 12.3 Å². The molecule has 5 unspecified atom stereocenters. The molecule has 0 aromatic carbocycles. The molecule has 23 heteroatoms. The molecule has 0 spiro atoms. The minimum Gasteiger partial charge on any atom is -0.387 e. The number of anilines is 1. The van der Waals surface area contributed by atoms with Crippen LogP contribution in [0, 0.1) is 0 Å². The third kappa shape index (κ3) is 5.60. The fourth-order valence-electron chi connectivity index (χ4n) is 2.98. The van der Waals surface area contributed by atoms with Crippen LogP contribution in [-0.4, -0.2) is 73.5 Å². The summed E-state index contributed by atoms with van der Waals surface area (Å²) in [4.78, 5) is 57.4. The number of H-pyrrole nitrogens is 1. The molecule has 1 aliphatic rings. The molecule has 3 heterocycles. The van der Waals surface area contributed by atoms with E-state index in [2.05, 4.69) is 28.1 Å². The molecule has 0 saturated carbocycles. The summed E-state index contributed by atoms with van der Waals surface area (Å²) in [5.74, 6) is -0.377. The van der Waals surface area contributed by atoms with Crippen molar-refractivity contribution >= 4 is 40.6 Å². The highest BCUT2D eigenvalue weighted by atomic mass is 31.3. The number of fused-ring (bicyclic) bond motifs is 1. The van der Waals surface area contributed by atoms with Crippen molar-refractivity contribution in [3.05, 3.63) is 16.7 Å². The van der Waals surface area contributed by atoms with Gasteiger partial charge in [0, 0.05) is 0 Å². The number of nitrogens with two attached hydrogens (primary N) is 1. The van der Waals surface area contributed by atoms with E-state index >= 15 is 0 Å². The van der Waals surface area contributed by atoms with Crippen LogP contribution in [0.5, 0.6) is 0 Å². The molecule has 192 valence electrons. The van der Waals surface area contributed by atoms with Crippen molar-refractivity contribution in [2.45, 2.75) is 37.3 Å². The van der Waals surface area contributed by atoms with E-state index in [9.17, 15) is 42.9 Å². The molecule has 34 heavy (non-hydrogen) atoms. The second-order valence-corrected chi connectivity index (χ2v) is 11.3. The zero-order chi connectivity index (χ0) is 25.9. The van der Waals surface area contributed by atoms with Crippen LogP contribution >= 0.6 is 23.5 Å². The van der Waals surface area contributed by atoms with E-state index in [1.165, 1.54) is 0 Å². The van der Waals surface area contributed by atoms with Gasteiger partial charge in [-0.3, -0.25) is 18.9 Å². The molecule has 0 aliphatic carbocycles. The van der Waals surface area contributed by atoms with Gasteiger partial charge >= 0.3 is 23.5 Å². The smallest absolute Gasteiger partial charge is 0.387 e. The quantitative estimate of drug-likeness (QED) is 0.177. The second kappa shape index (κ2) is 8.79. The maximum Gasteiger partial charge on any atom is 0.490 e. The lowest BCUT2D eigenvalue weighted by atomic mass is 9.90. The molecule has 9 N–H and O–H groups in total. The normalized spacial score (nSPS) is 31.8. The van der Waals surface area contributed by atoms with E-state index in [-0.39, 0.29) is 17.1 Å². The summed E-state index contributed by atoms with van der Waals surface area (Å²) in [7, 11) is -17.5. The van der Waals surface area contributed by atoms with Crippen LogP contribution in [0.4, 0.5) is 10.3 Å². The van der Waals surface area contributed by atoms with Crippen LogP contribution in [0.1, 0.15) is 13.2 Å². The number of alkyl halides is 1. The average molecular weight is 555 g/mol. The molecular formula is C11H17FN5O14P3. The predicted molar refractivity (Wildman–Crippen MR) is 103 cm³/mol. The second-order valence-electron chi connectivity index (χ2n) is 6.95. The standard InChI is InChI=1S/C11H17FN5O14P3/c1-11(20)5(18)4(29-33(24,25)31-34(26,27)30-32(21,22)23)6(12)28-9(11)17-2-14-3-7(17)15-10(13)16-8(3)19/h2,4-6,9,18,20H,1H3,(H,24,25)(H,26,27)(H2,21,22,23)(H3,13,15,16,19)/t4?,5?,6?,9-,11-/m1/s1. The van der Waals surface area contributed by atoms with Gasteiger partial charge in [0.15, 0.2) is 23.5 Å². The Morgan fingerprint density at radius 1 is 1.24 bits per heavy atom. The van der Waals surface area contributed by atoms with Gasteiger partial charge in [-0.25, -0.2) is 23.1 Å². The first kappa shape index (κ1) is 27.0. The number of ether oxygens (including phenoxy) is 1. The fourth-order valence-corrected chi connectivity index (χ4v) is 6.16. The van der Waals surface area contributed by atoms with E-state index in [0.29, 0.717) is 0 Å². The van der Waals surface area contributed by atoms with Crippen LogP contribution < -0.4 is 11.3 Å². The van der Waals surface area contributed by atoms with Crippen LogP contribution in [0.2, 0.25) is 0 Å². The highest BCUT2D eigenvalue weighted by Crippen LogP contribution is 2.67. The zero-order valence-electron chi connectivity index (χ0n) is 16.5. The number of aliphatic hydroxyl groups excluding tert-OH is 1. The minimum absolute atomic E-state index is 0.294. The van der Waals surface area contributed by atoms with Gasteiger partial charge in [-0.15, -0.1) is 0 Å². The topological polar surface area (TPSA) is 299 Å². The Hall–Kier alpha value is -1.63. The lowest BCUT2D eigenvalue weighted by Crippen LogP contribution is -2.61. The maximum atomic E-state index is 14.7. The number of nitrogens with one attached hydrogen (secondary N) is 1. The Morgan fingerprint density at radius 2 is 1.85 bits per heavy atom. The van der Waals surface area contributed by atoms with Gasteiger partial charge in [-0.05, 0) is 6.92 Å². The number of phosphoric ester groups is 1. The molecule has 19 nitrogen and oxygen atoms in total. The highest BCUT2D eigenvalue weighted by molar-refractivity contribution is 7.66. The van der Waals surface area contributed by atoms with Crippen molar-refractivity contribution in [3.8, 4) is 0 Å². The molecule has 2 aromatic heterocycles. The fraction of sp³-hybridized carbons (Fsp3) is 0.545. The third-order valence-electron chi connectivity index (χ3n) is 4.30. The van der Waals surface area contributed by atoms with Crippen molar-refractivity contribution in [2.24, 2.45) is 0 Å². The average Bonchev–Trinajstić information content (AvgIpc) is 3.02. The number of nitrogens with zero attached hydrogens (tertiary/aromatic N) is 3. The number of halogens is 1. The molecule has 1 fully saturated rings. The van der Waals surface area contributed by atoms with E-state index in [0.717, 1.165) is 17.8 Å². The van der Waals surface area contributed by atoms with Gasteiger partial charge in [0.25, 0.3) is 5.56 Å². The number of aromatic nitrogens is 4. The van der Waals surface area contributed by atoms with Crippen molar-refractivity contribution < 1.29 is 65.8 Å². The van der Waals surface area contributed by atoms with Crippen molar-refractivity contribution in [2.75, 3.05) is 5.73 Å². The number of aliphatic hydroxyl groups is 2. The molecule has 1 saturated heterocycles. The lowest BCUT2D eigenvalue weighted by Gasteiger charge is -2.45. The summed E-state index contributed by atoms with van der Waals surface area (Å²) in [6, 6.07) is 0. The number of nitrogen functional groups attached to an aromatic ring is 1. The first-order chi connectivity index (χ1) is 15.3. The van der Waals surface area contributed by atoms with Crippen molar-refractivity contribution in [1.82, 2.24) is 19.5 Å². The van der Waals surface area contributed by atoms with E-state index in [1.54, 1.807) is 0 Å². The van der Waals surface area contributed by atoms with Gasteiger partial charge in [-0.2, -0.15) is 13.6 Å². The summed E-state index contributed by atoms with van der Waals surface area (Å²) < 4.78 is 65.9.